The van der Waals surface area contributed by atoms with E-state index in [0.717, 1.165) is 29.5 Å². The Labute approximate surface area is 122 Å². The summed E-state index contributed by atoms with van der Waals surface area (Å²) >= 11 is 0. The summed E-state index contributed by atoms with van der Waals surface area (Å²) in [6.45, 7) is 6.14. The largest absolute Gasteiger partial charge is 0.566 e. The first-order valence-corrected chi connectivity index (χ1v) is 7.00. The molecule has 1 aliphatic heterocycles. The summed E-state index contributed by atoms with van der Waals surface area (Å²) in [5, 5.41) is 17.8. The van der Waals surface area contributed by atoms with Gasteiger partial charge in [-0.05, 0) is 41.9 Å². The lowest BCUT2D eigenvalue weighted by Gasteiger charge is -2.15. The van der Waals surface area contributed by atoms with E-state index in [1.54, 1.807) is 0 Å². The van der Waals surface area contributed by atoms with Gasteiger partial charge in [-0.15, -0.1) is 0 Å². The summed E-state index contributed by atoms with van der Waals surface area (Å²) in [5.74, 6) is -0.360. The van der Waals surface area contributed by atoms with Gasteiger partial charge in [-0.3, -0.25) is 0 Å². The first-order valence-electron chi connectivity index (χ1n) is 7.00. The Kier molecular flexibility index (Phi) is 3.29. The average molecular weight is 293 g/mol. The maximum Gasteiger partial charge on any atom is 0.339 e. The normalized spacial score (nSPS) is 23.7. The van der Waals surface area contributed by atoms with Crippen molar-refractivity contribution in [2.24, 2.45) is 5.41 Å². The molecule has 114 valence electrons. The third-order valence-corrected chi connectivity index (χ3v) is 4.23. The molecule has 1 aromatic carbocycles. The van der Waals surface area contributed by atoms with Crippen molar-refractivity contribution in [3.05, 3.63) is 39.1 Å². The molecule has 21 heavy (non-hydrogen) atoms. The molecule has 6 nitrogen and oxygen atoms in total. The molecule has 0 fully saturated rings. The number of carbonyl (C=O) groups excluding carboxylic acids is 1. The highest BCUT2D eigenvalue weighted by molar-refractivity contribution is 5.97. The van der Waals surface area contributed by atoms with Crippen LogP contribution < -0.4 is 5.39 Å². The Bertz CT molecular complexity index is 609. The molecule has 0 aromatic heterocycles. The molecule has 0 radical (unpaired) electrons. The van der Waals surface area contributed by atoms with E-state index >= 15 is 0 Å². The second-order valence-corrected chi connectivity index (χ2v) is 6.61. The molecule has 2 N–H and O–H groups in total. The number of cyclic esters (lactones) is 1. The molecule has 0 saturated heterocycles. The summed E-state index contributed by atoms with van der Waals surface area (Å²) in [6, 6.07) is 2.10. The Morgan fingerprint density at radius 2 is 2.24 bits per heavy atom. The van der Waals surface area contributed by atoms with E-state index < -0.39 is 11.5 Å². The number of benzene rings is 1. The van der Waals surface area contributed by atoms with Crippen LogP contribution in [-0.4, -0.2) is 17.8 Å². The third kappa shape index (κ3) is 2.44. The van der Waals surface area contributed by atoms with Crippen LogP contribution in [0.1, 0.15) is 52.6 Å². The monoisotopic (exact) mass is 293 g/mol. The van der Waals surface area contributed by atoms with E-state index in [9.17, 15) is 10.0 Å². The number of rotatable bonds is 3. The number of nitrogens with one attached hydrogen (secondary N) is 1. The third-order valence-electron chi connectivity index (χ3n) is 4.23. The maximum atomic E-state index is 12.2. The fourth-order valence-corrected chi connectivity index (χ4v) is 3.52. The van der Waals surface area contributed by atoms with Crippen molar-refractivity contribution < 1.29 is 25.0 Å². The molecule has 6 heteroatoms. The van der Waals surface area contributed by atoms with Gasteiger partial charge in [-0.1, -0.05) is 25.3 Å². The Hall–Kier alpha value is -1.47. The summed E-state index contributed by atoms with van der Waals surface area (Å²) in [6.07, 6.45) is 1.16. The van der Waals surface area contributed by atoms with Crippen molar-refractivity contribution in [1.29, 1.82) is 0 Å². The topological polar surface area (TPSA) is 83.3 Å². The summed E-state index contributed by atoms with van der Waals surface area (Å²) in [5.41, 5.74) is 4.79. The number of ether oxygens (including phenoxy) is 1. The molecule has 0 spiro atoms. The number of aryl methyl sites for hydroxylation is 1. The van der Waals surface area contributed by atoms with Gasteiger partial charge in [0.25, 0.3) is 0 Å². The van der Waals surface area contributed by atoms with Crippen LogP contribution in [0.3, 0.4) is 0 Å². The van der Waals surface area contributed by atoms with Gasteiger partial charge < -0.3 is 9.94 Å². The van der Waals surface area contributed by atoms with E-state index in [2.05, 4.69) is 24.8 Å². The molecular formula is C15H19NO5. The highest BCUT2D eigenvalue weighted by Gasteiger charge is 2.41. The zero-order valence-corrected chi connectivity index (χ0v) is 12.4. The Morgan fingerprint density at radius 1 is 1.52 bits per heavy atom. The van der Waals surface area contributed by atoms with Crippen molar-refractivity contribution in [2.45, 2.75) is 39.7 Å². The van der Waals surface area contributed by atoms with Crippen LogP contribution in [0.4, 0.5) is 0 Å². The number of esters is 1. The van der Waals surface area contributed by atoms with E-state index in [0.29, 0.717) is 5.56 Å². The van der Waals surface area contributed by atoms with Crippen molar-refractivity contribution in [2.75, 3.05) is 6.61 Å². The lowest BCUT2D eigenvalue weighted by atomic mass is 9.89. The minimum absolute atomic E-state index is 0.139. The molecule has 0 bridgehead atoms. The maximum absolute atomic E-state index is 12.2. The molecule has 0 amide bonds. The molecule has 2 unspecified atom stereocenters. The van der Waals surface area contributed by atoms with Gasteiger partial charge in [0, 0.05) is 5.56 Å². The number of quaternary nitrogens is 1. The molecule has 0 saturated carbocycles. The molecule has 2 atom stereocenters. The molecule has 1 aromatic rings. The minimum Gasteiger partial charge on any atom is -0.566 e. The van der Waals surface area contributed by atoms with E-state index in [1.807, 2.05) is 6.92 Å². The fraction of sp³-hybridized carbons (Fsp3) is 0.533. The zero-order valence-electron chi connectivity index (χ0n) is 12.4. The van der Waals surface area contributed by atoms with Crippen molar-refractivity contribution in [1.82, 2.24) is 0 Å². The van der Waals surface area contributed by atoms with Crippen molar-refractivity contribution >= 4 is 5.97 Å². The quantitative estimate of drug-likeness (QED) is 0.642. The number of fused-ring (bicyclic) bond motifs is 3. The van der Waals surface area contributed by atoms with Crippen LogP contribution in [0, 0.1) is 17.5 Å². The second kappa shape index (κ2) is 4.78. The molecular weight excluding hydrogens is 274 g/mol. The summed E-state index contributed by atoms with van der Waals surface area (Å²) in [4.78, 5) is 16.8. The number of hydrogen-bond donors (Lipinski definition) is 2. The SMILES string of the molecule is Cc1cc2c(c3c1C(CO[NH+]([O-])O)OC3=O)CC(C)(C)C2. The standard InChI is InChI=1S/C15H19NO5/c1-8-4-9-5-15(2,3)6-10(9)13-12(8)11(21-14(13)17)7-20-16(18)19/h4,11,16,18H,5-7H2,1-3H3. The Balaban J connectivity index is 2.02. The fourth-order valence-electron chi connectivity index (χ4n) is 3.52. The van der Waals surface area contributed by atoms with Crippen LogP contribution >= 0.6 is 0 Å². The van der Waals surface area contributed by atoms with E-state index in [-0.39, 0.29) is 18.0 Å². The van der Waals surface area contributed by atoms with Crippen LogP contribution in [0.2, 0.25) is 0 Å². The van der Waals surface area contributed by atoms with Crippen LogP contribution in [0.25, 0.3) is 0 Å². The lowest BCUT2D eigenvalue weighted by Crippen LogP contribution is -3.03. The van der Waals surface area contributed by atoms with E-state index in [4.69, 9.17) is 9.94 Å². The molecule has 2 aliphatic rings. The first kappa shape index (κ1) is 14.5. The van der Waals surface area contributed by atoms with Crippen LogP contribution in [0.15, 0.2) is 6.07 Å². The second-order valence-electron chi connectivity index (χ2n) is 6.61. The zero-order chi connectivity index (χ0) is 15.4. The molecule has 1 aliphatic carbocycles. The van der Waals surface area contributed by atoms with Gasteiger partial charge in [0.05, 0.1) is 5.56 Å². The highest BCUT2D eigenvalue weighted by atomic mass is 17.1. The average Bonchev–Trinajstić information content (AvgIpc) is 2.83. The summed E-state index contributed by atoms with van der Waals surface area (Å²) < 4.78 is 5.33. The number of carbonyl (C=O) groups is 1. The predicted molar refractivity (Wildman–Crippen MR) is 72.6 cm³/mol. The summed E-state index contributed by atoms with van der Waals surface area (Å²) in [7, 11) is 0. The molecule has 1 heterocycles. The number of hydrogen-bond acceptors (Lipinski definition) is 5. The van der Waals surface area contributed by atoms with Gasteiger partial charge >= 0.3 is 5.97 Å². The first-order chi connectivity index (χ1) is 9.78. The van der Waals surface area contributed by atoms with Gasteiger partial charge in [-0.25, -0.2) is 4.79 Å². The van der Waals surface area contributed by atoms with Crippen LogP contribution in [0.5, 0.6) is 0 Å². The smallest absolute Gasteiger partial charge is 0.339 e. The minimum atomic E-state index is -1.36. The van der Waals surface area contributed by atoms with Crippen LogP contribution in [-0.2, 0) is 22.4 Å². The van der Waals surface area contributed by atoms with Gasteiger partial charge in [0.2, 0.25) is 0 Å². The predicted octanol–water partition coefficient (Wildman–Crippen LogP) is 1.03. The molecule has 3 rings (SSSR count). The Morgan fingerprint density at radius 3 is 2.90 bits per heavy atom. The van der Waals surface area contributed by atoms with Gasteiger partial charge in [0.1, 0.15) is 0 Å². The van der Waals surface area contributed by atoms with Gasteiger partial charge in [0.15, 0.2) is 12.7 Å². The van der Waals surface area contributed by atoms with E-state index in [1.165, 1.54) is 5.56 Å². The highest BCUT2D eigenvalue weighted by Crippen LogP contribution is 2.44. The van der Waals surface area contributed by atoms with Crippen molar-refractivity contribution in [3.63, 3.8) is 0 Å². The van der Waals surface area contributed by atoms with Crippen molar-refractivity contribution in [3.8, 4) is 0 Å². The van der Waals surface area contributed by atoms with Gasteiger partial charge in [-0.2, -0.15) is 10.0 Å². The lowest BCUT2D eigenvalue weighted by molar-refractivity contribution is -1.21.